The summed E-state index contributed by atoms with van der Waals surface area (Å²) in [6, 6.07) is 12.1. The van der Waals surface area contributed by atoms with Gasteiger partial charge in [0, 0.05) is 18.3 Å². The van der Waals surface area contributed by atoms with Gasteiger partial charge in [0.1, 0.15) is 17.5 Å². The number of hydrogen-bond acceptors (Lipinski definition) is 7. The van der Waals surface area contributed by atoms with Crippen LogP contribution < -0.4 is 10.5 Å². The first-order chi connectivity index (χ1) is 14.6. The zero-order chi connectivity index (χ0) is 20.9. The van der Waals surface area contributed by atoms with E-state index in [0.717, 1.165) is 19.3 Å². The number of aromatic nitrogens is 3. The number of ether oxygens (including phenoxy) is 1. The number of nitrogens with zero attached hydrogens (tertiary/aromatic N) is 4. The Balaban J connectivity index is 1.50. The van der Waals surface area contributed by atoms with Crippen LogP contribution >= 0.6 is 0 Å². The second-order valence-electron chi connectivity index (χ2n) is 6.95. The highest BCUT2D eigenvalue weighted by Gasteiger charge is 2.32. The highest BCUT2D eigenvalue weighted by atomic mass is 16.5. The van der Waals surface area contributed by atoms with Crippen LogP contribution in [0.5, 0.6) is 5.75 Å². The van der Waals surface area contributed by atoms with E-state index in [0.29, 0.717) is 29.6 Å². The number of pyridine rings is 1. The first-order valence-corrected chi connectivity index (χ1v) is 9.69. The van der Waals surface area contributed by atoms with Gasteiger partial charge in [0.15, 0.2) is 6.61 Å². The fourth-order valence-electron chi connectivity index (χ4n) is 3.42. The summed E-state index contributed by atoms with van der Waals surface area (Å²) in [5, 5.41) is 4.01. The highest BCUT2D eigenvalue weighted by molar-refractivity contribution is 5.91. The highest BCUT2D eigenvalue weighted by Crippen LogP contribution is 2.31. The maximum absolute atomic E-state index is 12.8. The molecule has 0 radical (unpaired) electrons. The van der Waals surface area contributed by atoms with Gasteiger partial charge in [0.2, 0.25) is 11.7 Å². The van der Waals surface area contributed by atoms with Gasteiger partial charge in [-0.15, -0.1) is 0 Å². The number of likely N-dealkylation sites (tertiary alicyclic amines) is 1. The van der Waals surface area contributed by atoms with Crippen LogP contribution in [0.15, 0.2) is 53.2 Å². The first-order valence-electron chi connectivity index (χ1n) is 9.69. The largest absolute Gasteiger partial charge is 0.484 e. The SMILES string of the molecule is NC(=O)c1cc(-c2noc([C@H]3CCCCN3C(=O)COc3ccccc3)n2)ccn1. The average Bonchev–Trinajstić information content (AvgIpc) is 3.28. The van der Waals surface area contributed by atoms with Gasteiger partial charge >= 0.3 is 0 Å². The van der Waals surface area contributed by atoms with E-state index in [1.807, 2.05) is 18.2 Å². The molecular formula is C21H21N5O4. The van der Waals surface area contributed by atoms with Crippen LogP contribution in [0.2, 0.25) is 0 Å². The Morgan fingerprint density at radius 2 is 2.03 bits per heavy atom. The molecule has 154 valence electrons. The molecule has 0 bridgehead atoms. The van der Waals surface area contributed by atoms with Crippen LogP contribution in [0, 0.1) is 0 Å². The van der Waals surface area contributed by atoms with E-state index in [2.05, 4.69) is 15.1 Å². The molecule has 3 heterocycles. The van der Waals surface area contributed by atoms with E-state index >= 15 is 0 Å². The number of piperidine rings is 1. The predicted molar refractivity (Wildman–Crippen MR) is 106 cm³/mol. The van der Waals surface area contributed by atoms with Gasteiger partial charge in [-0.25, -0.2) is 0 Å². The molecule has 1 saturated heterocycles. The Morgan fingerprint density at radius 1 is 1.20 bits per heavy atom. The fourth-order valence-corrected chi connectivity index (χ4v) is 3.42. The van der Waals surface area contributed by atoms with Crippen molar-refractivity contribution in [2.24, 2.45) is 5.73 Å². The zero-order valence-electron chi connectivity index (χ0n) is 16.2. The number of carbonyl (C=O) groups excluding carboxylic acids is 2. The van der Waals surface area contributed by atoms with Crippen LogP contribution in [0.3, 0.4) is 0 Å². The van der Waals surface area contributed by atoms with E-state index in [4.69, 9.17) is 15.0 Å². The predicted octanol–water partition coefficient (Wildman–Crippen LogP) is 2.36. The standard InChI is InChI=1S/C21H21N5O4/c22-19(28)16-12-14(9-10-23-16)20-24-21(30-25-20)17-8-4-5-11-26(17)18(27)13-29-15-6-2-1-3-7-15/h1-3,6-7,9-10,12,17H,4-5,8,11,13H2,(H2,22,28)/t17-/m1/s1. The van der Waals surface area contributed by atoms with Crippen LogP contribution in [-0.4, -0.2) is 45.0 Å². The van der Waals surface area contributed by atoms with E-state index in [1.165, 1.54) is 12.3 Å². The third kappa shape index (κ3) is 4.29. The van der Waals surface area contributed by atoms with Crippen molar-refractivity contribution >= 4 is 11.8 Å². The molecule has 1 atom stereocenters. The quantitative estimate of drug-likeness (QED) is 0.665. The number of hydrogen-bond donors (Lipinski definition) is 1. The maximum atomic E-state index is 12.8. The van der Waals surface area contributed by atoms with Crippen molar-refractivity contribution in [1.82, 2.24) is 20.0 Å². The molecule has 1 aliphatic heterocycles. The molecule has 1 fully saturated rings. The molecule has 1 aliphatic rings. The monoisotopic (exact) mass is 407 g/mol. The van der Waals surface area contributed by atoms with Crippen molar-refractivity contribution < 1.29 is 18.8 Å². The minimum Gasteiger partial charge on any atom is -0.484 e. The summed E-state index contributed by atoms with van der Waals surface area (Å²) in [5.74, 6) is 0.539. The van der Waals surface area contributed by atoms with Crippen molar-refractivity contribution in [3.05, 3.63) is 60.2 Å². The van der Waals surface area contributed by atoms with E-state index in [9.17, 15) is 9.59 Å². The molecule has 2 N–H and O–H groups in total. The number of rotatable bonds is 6. The van der Waals surface area contributed by atoms with Crippen molar-refractivity contribution in [3.8, 4) is 17.1 Å². The van der Waals surface area contributed by atoms with E-state index in [1.54, 1.807) is 23.1 Å². The normalized spacial score (nSPS) is 16.3. The van der Waals surface area contributed by atoms with Gasteiger partial charge in [-0.3, -0.25) is 14.6 Å². The molecule has 9 nitrogen and oxygen atoms in total. The van der Waals surface area contributed by atoms with Crippen LogP contribution in [0.25, 0.3) is 11.4 Å². The molecule has 4 rings (SSSR count). The second kappa shape index (κ2) is 8.73. The number of amides is 2. The summed E-state index contributed by atoms with van der Waals surface area (Å²) in [6.45, 7) is 0.536. The van der Waals surface area contributed by atoms with E-state index < -0.39 is 5.91 Å². The maximum Gasteiger partial charge on any atom is 0.267 e. The van der Waals surface area contributed by atoms with E-state index in [-0.39, 0.29) is 24.2 Å². The van der Waals surface area contributed by atoms with Crippen molar-refractivity contribution in [2.75, 3.05) is 13.2 Å². The molecule has 2 amide bonds. The molecule has 2 aromatic heterocycles. The van der Waals surface area contributed by atoms with Crippen molar-refractivity contribution in [2.45, 2.75) is 25.3 Å². The number of nitrogens with two attached hydrogens (primary N) is 1. The fraction of sp³-hybridized carbons (Fsp3) is 0.286. The molecule has 0 spiro atoms. The van der Waals surface area contributed by atoms with Crippen molar-refractivity contribution in [3.63, 3.8) is 0 Å². The minimum absolute atomic E-state index is 0.0617. The van der Waals surface area contributed by atoms with Gasteiger partial charge in [0.25, 0.3) is 11.8 Å². The summed E-state index contributed by atoms with van der Waals surface area (Å²) < 4.78 is 11.1. The Kier molecular flexibility index (Phi) is 5.69. The van der Waals surface area contributed by atoms with Crippen LogP contribution in [0.1, 0.15) is 41.7 Å². The number of para-hydroxylation sites is 1. The van der Waals surface area contributed by atoms with Crippen LogP contribution in [0.4, 0.5) is 0 Å². The smallest absolute Gasteiger partial charge is 0.267 e. The molecular weight excluding hydrogens is 386 g/mol. The van der Waals surface area contributed by atoms with Crippen LogP contribution in [-0.2, 0) is 4.79 Å². The number of primary amides is 1. The van der Waals surface area contributed by atoms with Gasteiger partial charge in [0.05, 0.1) is 0 Å². The Morgan fingerprint density at radius 3 is 2.83 bits per heavy atom. The second-order valence-corrected chi connectivity index (χ2v) is 6.95. The topological polar surface area (TPSA) is 124 Å². The molecule has 3 aromatic rings. The summed E-state index contributed by atoms with van der Waals surface area (Å²) in [6.07, 6.45) is 4.04. The third-order valence-electron chi connectivity index (χ3n) is 4.93. The summed E-state index contributed by atoms with van der Waals surface area (Å²) in [5.41, 5.74) is 5.96. The first kappa shape index (κ1) is 19.6. The minimum atomic E-state index is -0.636. The molecule has 30 heavy (non-hydrogen) atoms. The Hall–Kier alpha value is -3.75. The lowest BCUT2D eigenvalue weighted by Gasteiger charge is -2.33. The average molecular weight is 407 g/mol. The summed E-state index contributed by atoms with van der Waals surface area (Å²) >= 11 is 0. The molecule has 9 heteroatoms. The molecule has 0 saturated carbocycles. The molecule has 1 aromatic carbocycles. The third-order valence-corrected chi connectivity index (χ3v) is 4.93. The lowest BCUT2D eigenvalue weighted by atomic mass is 10.0. The lowest BCUT2D eigenvalue weighted by molar-refractivity contribution is -0.138. The van der Waals surface area contributed by atoms with Gasteiger partial charge in [-0.05, 0) is 43.5 Å². The summed E-state index contributed by atoms with van der Waals surface area (Å²) in [7, 11) is 0. The van der Waals surface area contributed by atoms with Crippen molar-refractivity contribution in [1.29, 1.82) is 0 Å². The summed E-state index contributed by atoms with van der Waals surface area (Å²) in [4.78, 5) is 34.3. The van der Waals surface area contributed by atoms with Gasteiger partial charge < -0.3 is 19.9 Å². The Bertz CT molecular complexity index is 1040. The van der Waals surface area contributed by atoms with Gasteiger partial charge in [-0.2, -0.15) is 4.98 Å². The lowest BCUT2D eigenvalue weighted by Crippen LogP contribution is -2.41. The number of benzene rings is 1. The van der Waals surface area contributed by atoms with Gasteiger partial charge in [-0.1, -0.05) is 23.4 Å². The molecule has 0 aliphatic carbocycles. The molecule has 0 unspecified atom stereocenters. The Labute approximate surface area is 172 Å². The zero-order valence-corrected chi connectivity index (χ0v) is 16.2. The number of carbonyl (C=O) groups is 2.